The van der Waals surface area contributed by atoms with Crippen LogP contribution in [0.15, 0.2) is 53.9 Å². The van der Waals surface area contributed by atoms with Crippen molar-refractivity contribution >= 4 is 28.2 Å². The summed E-state index contributed by atoms with van der Waals surface area (Å²) in [6.07, 6.45) is 0. The van der Waals surface area contributed by atoms with Crippen molar-refractivity contribution in [2.24, 2.45) is 0 Å². The summed E-state index contributed by atoms with van der Waals surface area (Å²) in [5.41, 5.74) is 1.54. The van der Waals surface area contributed by atoms with E-state index in [-0.39, 0.29) is 17.7 Å². The lowest BCUT2D eigenvalue weighted by atomic mass is 10.0. The quantitative estimate of drug-likeness (QED) is 0.528. The van der Waals surface area contributed by atoms with Gasteiger partial charge in [0.1, 0.15) is 22.1 Å². The Bertz CT molecular complexity index is 1010. The molecule has 1 amide bonds. The molecule has 0 saturated carbocycles. The number of carbonyl (C=O) groups excluding carboxylic acids is 2. The van der Waals surface area contributed by atoms with E-state index in [1.807, 2.05) is 31.2 Å². The average molecular weight is 413 g/mol. The van der Waals surface area contributed by atoms with Crippen LogP contribution >= 0.6 is 11.3 Å². The van der Waals surface area contributed by atoms with Crippen LogP contribution in [-0.4, -0.2) is 25.1 Å². The third kappa shape index (κ3) is 4.63. The third-order valence-electron chi connectivity index (χ3n) is 4.09. The van der Waals surface area contributed by atoms with Crippen molar-refractivity contribution in [3.8, 4) is 16.9 Å². The Morgan fingerprint density at radius 3 is 2.41 bits per heavy atom. The molecular weight excluding hydrogens is 393 g/mol. The number of benzene rings is 2. The van der Waals surface area contributed by atoms with E-state index >= 15 is 0 Å². The van der Waals surface area contributed by atoms with Crippen molar-refractivity contribution in [2.75, 3.05) is 18.5 Å². The molecule has 3 rings (SSSR count). The number of nitrogens with one attached hydrogen (secondary N) is 1. The van der Waals surface area contributed by atoms with Crippen LogP contribution < -0.4 is 10.1 Å². The number of hydrogen-bond acceptors (Lipinski definition) is 5. The van der Waals surface area contributed by atoms with E-state index in [9.17, 15) is 14.0 Å². The molecule has 0 aliphatic heterocycles. The van der Waals surface area contributed by atoms with Gasteiger partial charge in [-0.2, -0.15) is 0 Å². The molecule has 0 bridgehead atoms. The standard InChI is InChI=1S/C22H20FNO4S/c1-3-27-15-11-9-14(10-12-15)17-13-29-21(19(17)22(26)28-4-2)24-20(25)16-7-5-6-8-18(16)23/h5-13H,3-4H2,1-2H3,(H,24,25). The van der Waals surface area contributed by atoms with Gasteiger partial charge in [0.25, 0.3) is 5.91 Å². The number of ether oxygens (including phenoxy) is 2. The molecule has 150 valence electrons. The van der Waals surface area contributed by atoms with Crippen LogP contribution in [0, 0.1) is 5.82 Å². The highest BCUT2D eigenvalue weighted by Crippen LogP contribution is 2.37. The Balaban J connectivity index is 1.96. The minimum atomic E-state index is -0.633. The van der Waals surface area contributed by atoms with Crippen molar-refractivity contribution in [3.05, 3.63) is 70.9 Å². The monoisotopic (exact) mass is 413 g/mol. The van der Waals surface area contributed by atoms with Gasteiger partial charge in [-0.1, -0.05) is 24.3 Å². The van der Waals surface area contributed by atoms with Gasteiger partial charge in [0.15, 0.2) is 0 Å². The molecule has 0 saturated heterocycles. The summed E-state index contributed by atoms with van der Waals surface area (Å²) in [7, 11) is 0. The van der Waals surface area contributed by atoms with Gasteiger partial charge in [0, 0.05) is 10.9 Å². The van der Waals surface area contributed by atoms with Crippen molar-refractivity contribution in [2.45, 2.75) is 13.8 Å². The second kappa shape index (κ2) is 9.34. The molecule has 1 heterocycles. The van der Waals surface area contributed by atoms with Crippen LogP contribution in [0.5, 0.6) is 5.75 Å². The van der Waals surface area contributed by atoms with Crippen LogP contribution in [-0.2, 0) is 4.74 Å². The topological polar surface area (TPSA) is 64.6 Å². The van der Waals surface area contributed by atoms with Crippen LogP contribution in [0.25, 0.3) is 11.1 Å². The fourth-order valence-electron chi connectivity index (χ4n) is 2.78. The summed E-state index contributed by atoms with van der Waals surface area (Å²) in [5, 5.41) is 4.71. The molecule has 1 N–H and O–H groups in total. The SMILES string of the molecule is CCOC(=O)c1c(-c2ccc(OCC)cc2)csc1NC(=O)c1ccccc1F. The average Bonchev–Trinajstić information content (AvgIpc) is 3.13. The van der Waals surface area contributed by atoms with Crippen molar-refractivity contribution < 1.29 is 23.5 Å². The largest absolute Gasteiger partial charge is 0.494 e. The van der Waals surface area contributed by atoms with Gasteiger partial charge < -0.3 is 14.8 Å². The van der Waals surface area contributed by atoms with E-state index in [4.69, 9.17) is 9.47 Å². The highest BCUT2D eigenvalue weighted by Gasteiger charge is 2.24. The maximum absolute atomic E-state index is 13.9. The smallest absolute Gasteiger partial charge is 0.341 e. The Hall–Kier alpha value is -3.19. The molecule has 29 heavy (non-hydrogen) atoms. The van der Waals surface area contributed by atoms with E-state index < -0.39 is 17.7 Å². The highest BCUT2D eigenvalue weighted by molar-refractivity contribution is 7.15. The predicted octanol–water partition coefficient (Wildman–Crippen LogP) is 5.38. The van der Waals surface area contributed by atoms with Gasteiger partial charge in [0.2, 0.25) is 0 Å². The molecule has 0 aliphatic carbocycles. The highest BCUT2D eigenvalue weighted by atomic mass is 32.1. The maximum Gasteiger partial charge on any atom is 0.341 e. The van der Waals surface area contributed by atoms with Crippen LogP contribution in [0.4, 0.5) is 9.39 Å². The summed E-state index contributed by atoms with van der Waals surface area (Å²) < 4.78 is 24.6. The molecule has 0 spiro atoms. The first-order chi connectivity index (χ1) is 14.0. The van der Waals surface area contributed by atoms with Crippen LogP contribution in [0.3, 0.4) is 0 Å². The first-order valence-electron chi connectivity index (χ1n) is 9.12. The van der Waals surface area contributed by atoms with Gasteiger partial charge >= 0.3 is 5.97 Å². The van der Waals surface area contributed by atoms with Crippen molar-refractivity contribution in [1.82, 2.24) is 0 Å². The number of thiophene rings is 1. The van der Waals surface area contributed by atoms with E-state index in [0.29, 0.717) is 17.2 Å². The summed E-state index contributed by atoms with van der Waals surface area (Å²) in [6, 6.07) is 13.0. The van der Waals surface area contributed by atoms with Crippen LogP contribution in [0.2, 0.25) is 0 Å². The molecule has 5 nitrogen and oxygen atoms in total. The zero-order valence-electron chi connectivity index (χ0n) is 16.0. The van der Waals surface area contributed by atoms with Crippen molar-refractivity contribution in [3.63, 3.8) is 0 Å². The lowest BCUT2D eigenvalue weighted by molar-refractivity contribution is 0.0529. The summed E-state index contributed by atoms with van der Waals surface area (Å²) in [4.78, 5) is 25.1. The second-order valence-electron chi connectivity index (χ2n) is 5.97. The summed E-state index contributed by atoms with van der Waals surface area (Å²) in [5.74, 6) is -1.10. The van der Waals surface area contributed by atoms with E-state index in [1.54, 1.807) is 18.4 Å². The second-order valence-corrected chi connectivity index (χ2v) is 6.84. The molecule has 0 aliphatic rings. The number of esters is 1. The van der Waals surface area contributed by atoms with E-state index in [2.05, 4.69) is 5.32 Å². The molecule has 1 aromatic heterocycles. The minimum absolute atomic E-state index is 0.0988. The zero-order valence-corrected chi connectivity index (χ0v) is 16.8. The predicted molar refractivity (Wildman–Crippen MR) is 111 cm³/mol. The molecular formula is C22H20FNO4S. The van der Waals surface area contributed by atoms with Gasteiger partial charge in [-0.3, -0.25) is 4.79 Å². The Morgan fingerprint density at radius 2 is 1.76 bits per heavy atom. The lowest BCUT2D eigenvalue weighted by Crippen LogP contribution is -2.16. The number of anilines is 1. The van der Waals surface area contributed by atoms with Gasteiger partial charge in [-0.15, -0.1) is 11.3 Å². The Labute approximate surface area is 172 Å². The molecule has 0 atom stereocenters. The fraction of sp³-hybridized carbons (Fsp3) is 0.182. The molecule has 3 aromatic rings. The number of hydrogen-bond donors (Lipinski definition) is 1. The number of rotatable bonds is 7. The van der Waals surface area contributed by atoms with E-state index in [1.165, 1.54) is 29.5 Å². The fourth-order valence-corrected chi connectivity index (χ4v) is 3.73. The summed E-state index contributed by atoms with van der Waals surface area (Å²) >= 11 is 1.18. The zero-order chi connectivity index (χ0) is 20.8. The molecule has 0 unspecified atom stereocenters. The Kier molecular flexibility index (Phi) is 6.61. The molecule has 0 radical (unpaired) electrons. The number of carbonyl (C=O) groups is 2. The minimum Gasteiger partial charge on any atom is -0.494 e. The van der Waals surface area contributed by atoms with Gasteiger partial charge in [-0.05, 0) is 43.7 Å². The molecule has 0 fully saturated rings. The lowest BCUT2D eigenvalue weighted by Gasteiger charge is -2.10. The first kappa shape index (κ1) is 20.5. The first-order valence-corrected chi connectivity index (χ1v) is 10.0. The normalized spacial score (nSPS) is 10.4. The number of halogens is 1. The Morgan fingerprint density at radius 1 is 1.03 bits per heavy atom. The summed E-state index contributed by atoms with van der Waals surface area (Å²) in [6.45, 7) is 4.35. The van der Waals surface area contributed by atoms with Crippen molar-refractivity contribution in [1.29, 1.82) is 0 Å². The third-order valence-corrected chi connectivity index (χ3v) is 4.99. The van der Waals surface area contributed by atoms with Crippen LogP contribution in [0.1, 0.15) is 34.6 Å². The van der Waals surface area contributed by atoms with Gasteiger partial charge in [-0.25, -0.2) is 9.18 Å². The number of amides is 1. The maximum atomic E-state index is 13.9. The van der Waals surface area contributed by atoms with Gasteiger partial charge in [0.05, 0.1) is 18.8 Å². The van der Waals surface area contributed by atoms with E-state index in [0.717, 1.165) is 11.3 Å². The molecule has 7 heteroatoms. The molecule has 2 aromatic carbocycles.